The number of oxime groups is 1. The zero-order valence-corrected chi connectivity index (χ0v) is 9.95. The third kappa shape index (κ3) is 1.88. The molecule has 0 amide bonds. The summed E-state index contributed by atoms with van der Waals surface area (Å²) < 4.78 is 0. The second-order valence-electron chi connectivity index (χ2n) is 4.60. The molecule has 0 fully saturated rings. The maximum atomic E-state index is 9.16. The molecule has 3 nitrogen and oxygen atoms in total. The largest absolute Gasteiger partial charge is 0.411 e. The van der Waals surface area contributed by atoms with Crippen molar-refractivity contribution in [3.05, 3.63) is 65.5 Å². The Balaban J connectivity index is 2.00. The van der Waals surface area contributed by atoms with Crippen LogP contribution in [-0.4, -0.2) is 15.9 Å². The molecule has 3 rings (SSSR count). The van der Waals surface area contributed by atoms with Gasteiger partial charge in [-0.05, 0) is 29.5 Å². The van der Waals surface area contributed by atoms with E-state index < -0.39 is 0 Å². The smallest absolute Gasteiger partial charge is 0.0892 e. The maximum absolute atomic E-state index is 9.16. The van der Waals surface area contributed by atoms with Crippen molar-refractivity contribution in [1.29, 1.82) is 0 Å². The Kier molecular flexibility index (Phi) is 2.81. The minimum atomic E-state index is 0.381. The van der Waals surface area contributed by atoms with Crippen LogP contribution < -0.4 is 0 Å². The fourth-order valence-corrected chi connectivity index (χ4v) is 2.60. The molecular weight excluding hydrogens is 224 g/mol. The topological polar surface area (TPSA) is 45.5 Å². The molecule has 1 N–H and O–H groups in total. The fourth-order valence-electron chi connectivity index (χ4n) is 2.60. The first-order chi connectivity index (χ1) is 8.88. The molecule has 0 aliphatic heterocycles. The highest BCUT2D eigenvalue weighted by Gasteiger charge is 2.25. The molecule has 1 aliphatic carbocycles. The monoisotopic (exact) mass is 238 g/mol. The average Bonchev–Trinajstić information content (AvgIpc) is 2.47. The lowest BCUT2D eigenvalue weighted by molar-refractivity contribution is 0.317. The summed E-state index contributed by atoms with van der Waals surface area (Å²) in [5, 5.41) is 12.6. The summed E-state index contributed by atoms with van der Waals surface area (Å²) >= 11 is 0. The molecule has 1 heterocycles. The van der Waals surface area contributed by atoms with Crippen LogP contribution in [0.4, 0.5) is 0 Å². The van der Waals surface area contributed by atoms with E-state index in [1.807, 2.05) is 24.3 Å². The quantitative estimate of drug-likeness (QED) is 0.613. The van der Waals surface area contributed by atoms with Crippen molar-refractivity contribution in [1.82, 2.24) is 4.98 Å². The predicted octanol–water partition coefficient (Wildman–Crippen LogP) is 2.99. The van der Waals surface area contributed by atoms with Crippen molar-refractivity contribution in [2.45, 2.75) is 18.8 Å². The van der Waals surface area contributed by atoms with E-state index >= 15 is 0 Å². The lowest BCUT2D eigenvalue weighted by Gasteiger charge is -2.25. The van der Waals surface area contributed by atoms with Crippen LogP contribution in [0.15, 0.2) is 53.9 Å². The average molecular weight is 238 g/mol. The Labute approximate surface area is 106 Å². The lowest BCUT2D eigenvalue weighted by atomic mass is 9.80. The van der Waals surface area contributed by atoms with Gasteiger partial charge in [-0.3, -0.25) is 4.98 Å². The normalized spacial score (nSPS) is 20.7. The van der Waals surface area contributed by atoms with Crippen LogP contribution in [0.5, 0.6) is 0 Å². The molecule has 90 valence electrons. The van der Waals surface area contributed by atoms with E-state index in [0.29, 0.717) is 5.92 Å². The van der Waals surface area contributed by atoms with Gasteiger partial charge in [0.15, 0.2) is 0 Å². The second kappa shape index (κ2) is 4.61. The minimum Gasteiger partial charge on any atom is -0.411 e. The van der Waals surface area contributed by atoms with Crippen molar-refractivity contribution in [2.24, 2.45) is 5.16 Å². The van der Waals surface area contributed by atoms with Gasteiger partial charge in [0.05, 0.1) is 5.71 Å². The summed E-state index contributed by atoms with van der Waals surface area (Å²) in [7, 11) is 0. The van der Waals surface area contributed by atoms with E-state index in [1.165, 1.54) is 11.1 Å². The number of aromatic nitrogens is 1. The number of rotatable bonds is 1. The van der Waals surface area contributed by atoms with Gasteiger partial charge >= 0.3 is 0 Å². The first-order valence-electron chi connectivity index (χ1n) is 6.07. The third-order valence-electron chi connectivity index (χ3n) is 3.52. The van der Waals surface area contributed by atoms with E-state index in [0.717, 1.165) is 24.1 Å². The van der Waals surface area contributed by atoms with Crippen LogP contribution in [0.3, 0.4) is 0 Å². The molecule has 2 aromatic rings. The van der Waals surface area contributed by atoms with E-state index in [4.69, 9.17) is 5.21 Å². The van der Waals surface area contributed by atoms with Crippen LogP contribution in [0, 0.1) is 0 Å². The third-order valence-corrected chi connectivity index (χ3v) is 3.52. The van der Waals surface area contributed by atoms with Crippen molar-refractivity contribution in [3.8, 4) is 0 Å². The van der Waals surface area contributed by atoms with Crippen LogP contribution in [0.2, 0.25) is 0 Å². The molecule has 0 radical (unpaired) electrons. The zero-order chi connectivity index (χ0) is 12.4. The van der Waals surface area contributed by atoms with Gasteiger partial charge in [-0.1, -0.05) is 35.5 Å². The highest BCUT2D eigenvalue weighted by atomic mass is 16.4. The zero-order valence-electron chi connectivity index (χ0n) is 9.95. The molecular formula is C15H14N2O. The van der Waals surface area contributed by atoms with Gasteiger partial charge in [0, 0.05) is 24.4 Å². The molecule has 0 saturated carbocycles. The van der Waals surface area contributed by atoms with E-state index in [1.54, 1.807) is 12.4 Å². The van der Waals surface area contributed by atoms with Gasteiger partial charge in [0.1, 0.15) is 0 Å². The molecule has 0 spiro atoms. The van der Waals surface area contributed by atoms with Crippen molar-refractivity contribution < 1.29 is 5.21 Å². The number of pyridine rings is 1. The first kappa shape index (κ1) is 11.0. The predicted molar refractivity (Wildman–Crippen MR) is 70.1 cm³/mol. The number of hydrogen-bond donors (Lipinski definition) is 1. The summed E-state index contributed by atoms with van der Waals surface area (Å²) in [4.78, 5) is 4.10. The van der Waals surface area contributed by atoms with E-state index in [2.05, 4.69) is 22.3 Å². The Hall–Kier alpha value is -2.16. The Morgan fingerprint density at radius 3 is 2.72 bits per heavy atom. The van der Waals surface area contributed by atoms with Gasteiger partial charge in [-0.2, -0.15) is 0 Å². The van der Waals surface area contributed by atoms with Gasteiger partial charge < -0.3 is 5.21 Å². The molecule has 1 aromatic carbocycles. The standard InChI is InChI=1S/C15H14N2O/c18-17-15-9-13(11-4-2-1-3-5-11)8-12-6-7-16-10-14(12)15/h1-7,10,13,18H,8-9H2/t13-/m0/s1. The van der Waals surface area contributed by atoms with E-state index in [9.17, 15) is 0 Å². The summed E-state index contributed by atoms with van der Waals surface area (Å²) in [5.74, 6) is 0.381. The van der Waals surface area contributed by atoms with Crippen molar-refractivity contribution >= 4 is 5.71 Å². The lowest BCUT2D eigenvalue weighted by Crippen LogP contribution is -2.19. The highest BCUT2D eigenvalue weighted by molar-refractivity contribution is 6.02. The van der Waals surface area contributed by atoms with Gasteiger partial charge in [0.2, 0.25) is 0 Å². The molecule has 1 aromatic heterocycles. The molecule has 0 unspecified atom stereocenters. The highest BCUT2D eigenvalue weighted by Crippen LogP contribution is 2.32. The molecule has 18 heavy (non-hydrogen) atoms. The van der Waals surface area contributed by atoms with Crippen LogP contribution in [0.1, 0.15) is 29.0 Å². The van der Waals surface area contributed by atoms with Crippen LogP contribution in [-0.2, 0) is 6.42 Å². The minimum absolute atomic E-state index is 0.381. The van der Waals surface area contributed by atoms with Crippen LogP contribution in [0.25, 0.3) is 0 Å². The Morgan fingerprint density at radius 1 is 1.11 bits per heavy atom. The summed E-state index contributed by atoms with van der Waals surface area (Å²) in [6.45, 7) is 0. The first-order valence-corrected chi connectivity index (χ1v) is 6.07. The molecule has 0 saturated heterocycles. The number of benzene rings is 1. The van der Waals surface area contributed by atoms with Gasteiger partial charge in [-0.15, -0.1) is 0 Å². The maximum Gasteiger partial charge on any atom is 0.0892 e. The van der Waals surface area contributed by atoms with Crippen LogP contribution >= 0.6 is 0 Å². The number of hydrogen-bond acceptors (Lipinski definition) is 3. The second-order valence-corrected chi connectivity index (χ2v) is 4.60. The fraction of sp³-hybridized carbons (Fsp3) is 0.200. The molecule has 1 aliphatic rings. The summed E-state index contributed by atoms with van der Waals surface area (Å²) in [6, 6.07) is 12.4. The van der Waals surface area contributed by atoms with Gasteiger partial charge in [0.25, 0.3) is 0 Å². The van der Waals surface area contributed by atoms with Crippen molar-refractivity contribution in [2.75, 3.05) is 0 Å². The van der Waals surface area contributed by atoms with Crippen molar-refractivity contribution in [3.63, 3.8) is 0 Å². The SMILES string of the molecule is ON=C1C[C@@H](c2ccccc2)Cc2ccncc21. The molecule has 1 atom stereocenters. The molecule has 3 heteroatoms. The summed E-state index contributed by atoms with van der Waals surface area (Å²) in [6.07, 6.45) is 5.31. The number of fused-ring (bicyclic) bond motifs is 1. The Bertz CT molecular complexity index is 578. The van der Waals surface area contributed by atoms with E-state index in [-0.39, 0.29) is 0 Å². The van der Waals surface area contributed by atoms with Gasteiger partial charge in [-0.25, -0.2) is 0 Å². The molecule has 0 bridgehead atoms. The summed E-state index contributed by atoms with van der Waals surface area (Å²) in [5.41, 5.74) is 4.21. The number of nitrogens with zero attached hydrogens (tertiary/aromatic N) is 2. The Morgan fingerprint density at radius 2 is 1.94 bits per heavy atom.